The molecule has 3 aliphatic heterocycles. The van der Waals surface area contributed by atoms with Gasteiger partial charge in [-0.3, -0.25) is 25.0 Å². The van der Waals surface area contributed by atoms with Crippen molar-refractivity contribution >= 4 is 41.1 Å². The third-order valence-corrected chi connectivity index (χ3v) is 12.3. The van der Waals surface area contributed by atoms with Gasteiger partial charge in [-0.15, -0.1) is 0 Å². The summed E-state index contributed by atoms with van der Waals surface area (Å²) in [6.07, 6.45) is -7.06. The van der Waals surface area contributed by atoms with E-state index >= 15 is 4.39 Å². The van der Waals surface area contributed by atoms with Gasteiger partial charge < -0.3 is 43.3 Å². The number of Topliss-reactive ketones (excluding diaryl/α,β-unsaturated/α-hetero) is 2. The second-order valence-electron chi connectivity index (χ2n) is 17.0. The van der Waals surface area contributed by atoms with Crippen LogP contribution in [0.4, 0.5) is 25.4 Å². The van der Waals surface area contributed by atoms with Gasteiger partial charge in [0.05, 0.1) is 35.4 Å². The number of rotatable bonds is 11. The highest BCUT2D eigenvalue weighted by Gasteiger charge is 2.61. The molecule has 0 aromatic heterocycles. The van der Waals surface area contributed by atoms with Crippen molar-refractivity contribution in [3.8, 4) is 0 Å². The lowest BCUT2D eigenvalue weighted by Gasteiger charge is -2.47. The first-order valence-corrected chi connectivity index (χ1v) is 20.3. The molecule has 336 valence electrons. The summed E-state index contributed by atoms with van der Waals surface area (Å²) in [4.78, 5) is 82.8. The highest BCUT2D eigenvalue weighted by Crippen LogP contribution is 2.43. The minimum atomic E-state index is -3.25. The Labute approximate surface area is 349 Å². The Morgan fingerprint density at radius 1 is 1.10 bits per heavy atom. The Kier molecular flexibility index (Phi) is 15.5. The molecule has 0 saturated carbocycles. The first kappa shape index (κ1) is 48.4. The van der Waals surface area contributed by atoms with Crippen LogP contribution in [0.25, 0.3) is 0 Å². The molecule has 18 nitrogen and oxygen atoms in total. The van der Waals surface area contributed by atoms with E-state index in [-0.39, 0.29) is 55.7 Å². The van der Waals surface area contributed by atoms with Gasteiger partial charge in [-0.25, -0.2) is 18.8 Å². The number of aliphatic hydroxyl groups excluding tert-OH is 1. The Morgan fingerprint density at radius 2 is 1.75 bits per heavy atom. The summed E-state index contributed by atoms with van der Waals surface area (Å²) in [5.41, 5.74) is -6.94. The average Bonchev–Trinajstić information content (AvgIpc) is 3.45. The quantitative estimate of drug-likeness (QED) is 0.0760. The molecule has 1 aromatic rings. The molecule has 60 heavy (non-hydrogen) atoms. The fraction of sp³-hybridized carbons (Fsp3) is 0.732. The number of likely N-dealkylation sites (N-methyl/N-ethyl adjacent to an activating group) is 1. The Balaban J connectivity index is 1.68. The number of carbonyl (C=O) groups excluding carboxylic acids is 5. The van der Waals surface area contributed by atoms with Crippen molar-refractivity contribution < 1.29 is 66.8 Å². The van der Waals surface area contributed by atoms with Crippen LogP contribution in [0.15, 0.2) is 24.3 Å². The van der Waals surface area contributed by atoms with E-state index in [9.17, 15) is 39.2 Å². The van der Waals surface area contributed by atoms with Crippen molar-refractivity contribution in [2.45, 2.75) is 141 Å². The molecule has 0 bridgehead atoms. The molecule has 0 spiro atoms. The van der Waals surface area contributed by atoms with Crippen molar-refractivity contribution in [1.29, 1.82) is 0 Å². The minimum absolute atomic E-state index is 0.0132. The van der Waals surface area contributed by atoms with Crippen molar-refractivity contribution in [3.05, 3.63) is 34.4 Å². The summed E-state index contributed by atoms with van der Waals surface area (Å²) in [5, 5.41) is 25.1. The number of carbonyl (C=O) groups is 5. The number of esters is 1. The predicted molar refractivity (Wildman–Crippen MR) is 213 cm³/mol. The number of amides is 2. The molecule has 19 heteroatoms. The second-order valence-corrected chi connectivity index (χ2v) is 17.0. The molecule has 0 radical (unpaired) electrons. The van der Waals surface area contributed by atoms with Crippen LogP contribution in [0, 0.1) is 27.9 Å². The number of hydrogen-bond acceptors (Lipinski definition) is 15. The summed E-state index contributed by atoms with van der Waals surface area (Å²) in [7, 11) is 4.93. The maximum Gasteiger partial charge on any atom is 0.411 e. The zero-order chi connectivity index (χ0) is 45.1. The van der Waals surface area contributed by atoms with Crippen molar-refractivity contribution in [1.82, 2.24) is 9.80 Å². The van der Waals surface area contributed by atoms with Gasteiger partial charge in [0.2, 0.25) is 0 Å². The zero-order valence-electron chi connectivity index (χ0n) is 36.3. The SMILES string of the molecule is CC[C@H]1OC(=O)[C@@](C)(F)C(=O)[C@H](C)[C@@H](O[C@@H]2O[C@H](C)C[C@H](N(C)C)[C@H]2O)[C@](C)(OC)C[C@@H](C)C(=O)[C@H](C)[C@H]2N(CCCOC(=O)Nc3ccccc3[N+](=O)[O-])C(=O)O[C@]12C. The standard InChI is InChI=1S/C41H61FN4O14/c1-12-29-41(8)32(45(38(52)60-41)18-15-19-56-37(51)43-26-16-13-14-17-27(26)46(53)54)24(4)30(47)22(2)21-39(6,55-11)34(25(5)33(49)40(7,42)36(50)58-29)59-35-31(48)28(44(9)10)20-23(3)57-35/h13-14,16-17,22-25,28-29,31-32,34-35,48H,12,15,18-21H2,1-11H3,(H,43,51)/t22-,23-,24+,25+,28+,29-,31-,32-,34-,35+,39-,40+,41-/m1/s1. The van der Waals surface area contributed by atoms with Crippen LogP contribution < -0.4 is 5.32 Å². The molecule has 2 amide bonds. The molecule has 0 aliphatic carbocycles. The smallest absolute Gasteiger partial charge is 0.411 e. The van der Waals surface area contributed by atoms with Crippen LogP contribution in [0.1, 0.15) is 81.1 Å². The van der Waals surface area contributed by atoms with Gasteiger partial charge >= 0.3 is 18.2 Å². The summed E-state index contributed by atoms with van der Waals surface area (Å²) >= 11 is 0. The van der Waals surface area contributed by atoms with Gasteiger partial charge in [-0.2, -0.15) is 0 Å². The Bertz CT molecular complexity index is 1760. The lowest BCUT2D eigenvalue weighted by atomic mass is 9.73. The number of ketones is 2. The van der Waals surface area contributed by atoms with Crippen LogP contribution in [-0.2, 0) is 42.8 Å². The average molecular weight is 853 g/mol. The van der Waals surface area contributed by atoms with E-state index in [1.165, 1.54) is 50.1 Å². The molecule has 1 aromatic carbocycles. The topological polar surface area (TPSA) is 223 Å². The highest BCUT2D eigenvalue weighted by atomic mass is 19.1. The monoisotopic (exact) mass is 852 g/mol. The second kappa shape index (κ2) is 19.2. The minimum Gasteiger partial charge on any atom is -0.455 e. The number of alkyl halides is 1. The first-order chi connectivity index (χ1) is 27.9. The van der Waals surface area contributed by atoms with Gasteiger partial charge in [0.15, 0.2) is 17.7 Å². The number of cyclic esters (lactones) is 1. The molecular formula is C41H61FN4O14. The lowest BCUT2D eigenvalue weighted by molar-refractivity contribution is -0.383. The largest absolute Gasteiger partial charge is 0.455 e. The predicted octanol–water partition coefficient (Wildman–Crippen LogP) is 4.83. The van der Waals surface area contributed by atoms with Gasteiger partial charge in [0.1, 0.15) is 23.7 Å². The molecule has 13 atom stereocenters. The van der Waals surface area contributed by atoms with E-state index in [1.807, 2.05) is 4.90 Å². The number of nitrogens with one attached hydrogen (secondary N) is 1. The maximum atomic E-state index is 16.8. The summed E-state index contributed by atoms with van der Waals surface area (Å²) in [6, 6.07) is 3.98. The Hall–Kier alpha value is -4.30. The van der Waals surface area contributed by atoms with Crippen LogP contribution in [0.2, 0.25) is 0 Å². The lowest BCUT2D eigenvalue weighted by Crippen LogP contribution is -2.61. The van der Waals surface area contributed by atoms with Gasteiger partial charge in [0, 0.05) is 43.5 Å². The number of aliphatic hydroxyl groups is 1. The Morgan fingerprint density at radius 3 is 2.35 bits per heavy atom. The fourth-order valence-corrected chi connectivity index (χ4v) is 9.00. The van der Waals surface area contributed by atoms with Gasteiger partial charge in [-0.05, 0) is 73.5 Å². The number of methoxy groups -OCH3 is 1. The number of ether oxygens (including phenoxy) is 6. The van der Waals surface area contributed by atoms with E-state index in [4.69, 9.17) is 28.4 Å². The van der Waals surface area contributed by atoms with E-state index in [2.05, 4.69) is 5.32 Å². The molecule has 2 N–H and O–H groups in total. The van der Waals surface area contributed by atoms with Crippen LogP contribution >= 0.6 is 0 Å². The summed E-state index contributed by atoms with van der Waals surface area (Å²) in [5.74, 6) is -6.36. The van der Waals surface area contributed by atoms with E-state index in [0.29, 0.717) is 6.42 Å². The number of anilines is 1. The number of nitro groups is 1. The first-order valence-electron chi connectivity index (χ1n) is 20.3. The number of para-hydroxylation sites is 2. The number of fused-ring (bicyclic) bond motifs is 1. The number of benzene rings is 1. The van der Waals surface area contributed by atoms with E-state index < -0.39 is 100 Å². The number of nitrogens with zero attached hydrogens (tertiary/aromatic N) is 3. The number of nitro benzene ring substituents is 1. The third kappa shape index (κ3) is 9.91. The summed E-state index contributed by atoms with van der Waals surface area (Å²) < 4.78 is 52.3. The van der Waals surface area contributed by atoms with Crippen molar-refractivity contribution in [2.75, 3.05) is 39.7 Å². The van der Waals surface area contributed by atoms with E-state index in [0.717, 1.165) is 6.92 Å². The van der Waals surface area contributed by atoms with Crippen molar-refractivity contribution in [2.24, 2.45) is 17.8 Å². The number of halogens is 1. The van der Waals surface area contributed by atoms with Crippen LogP contribution in [0.3, 0.4) is 0 Å². The zero-order valence-corrected chi connectivity index (χ0v) is 36.3. The number of hydrogen-bond donors (Lipinski definition) is 2. The molecule has 3 aliphatic rings. The van der Waals surface area contributed by atoms with Gasteiger partial charge in [-0.1, -0.05) is 39.8 Å². The molecule has 3 saturated heterocycles. The molecule has 0 unspecified atom stereocenters. The molecule has 3 heterocycles. The normalized spacial score (nSPS) is 36.9. The van der Waals surface area contributed by atoms with Gasteiger partial charge in [0.25, 0.3) is 11.4 Å². The molecular weight excluding hydrogens is 791 g/mol. The van der Waals surface area contributed by atoms with Crippen LogP contribution in [-0.4, -0.2) is 144 Å². The maximum absolute atomic E-state index is 16.8. The fourth-order valence-electron chi connectivity index (χ4n) is 9.00. The highest BCUT2D eigenvalue weighted by molar-refractivity contribution is 6.08. The van der Waals surface area contributed by atoms with Crippen LogP contribution in [0.5, 0.6) is 0 Å². The van der Waals surface area contributed by atoms with E-state index in [1.54, 1.807) is 48.7 Å². The van der Waals surface area contributed by atoms with Crippen molar-refractivity contribution in [3.63, 3.8) is 0 Å². The third-order valence-electron chi connectivity index (χ3n) is 12.3. The summed E-state index contributed by atoms with van der Waals surface area (Å²) in [6.45, 7) is 11.5. The molecule has 3 fully saturated rings. The molecule has 4 rings (SSSR count).